The maximum Gasteiger partial charge on any atom is 0.191 e. The molecular weight excluding hydrogens is 286 g/mol. The van der Waals surface area contributed by atoms with E-state index in [9.17, 15) is 0 Å². The first-order valence-electron chi connectivity index (χ1n) is 7.18. The van der Waals surface area contributed by atoms with Crippen molar-refractivity contribution >= 4 is 29.1 Å². The molecule has 0 aromatic heterocycles. The summed E-state index contributed by atoms with van der Waals surface area (Å²) in [5.41, 5.74) is 12.6. The Hall–Kier alpha value is -1.75. The Labute approximate surface area is 130 Å². The molecular formula is C15H22ClN5. The van der Waals surface area contributed by atoms with Crippen LogP contribution in [0.1, 0.15) is 19.8 Å². The van der Waals surface area contributed by atoms with Gasteiger partial charge >= 0.3 is 0 Å². The van der Waals surface area contributed by atoms with Gasteiger partial charge in [0, 0.05) is 18.1 Å². The van der Waals surface area contributed by atoms with Crippen LogP contribution in [0, 0.1) is 5.92 Å². The standard InChI is InChI=1S/C15H22ClN5/c1-11-6-8-21(9-7-11)15(18)19-10-14(17)20-13-4-2-12(16)3-5-13/h2-5,11H,6-10H2,1H3,(H2,17,20)(H2,18,19). The van der Waals surface area contributed by atoms with Gasteiger partial charge < -0.3 is 16.4 Å². The van der Waals surface area contributed by atoms with E-state index in [1.54, 1.807) is 12.1 Å². The summed E-state index contributed by atoms with van der Waals surface area (Å²) in [7, 11) is 0. The molecule has 0 unspecified atom stereocenters. The van der Waals surface area contributed by atoms with Gasteiger partial charge in [-0.15, -0.1) is 0 Å². The number of hydrogen-bond acceptors (Lipinski definition) is 2. The van der Waals surface area contributed by atoms with Crippen LogP contribution in [-0.4, -0.2) is 36.3 Å². The summed E-state index contributed by atoms with van der Waals surface area (Å²) < 4.78 is 0. The van der Waals surface area contributed by atoms with Crippen molar-refractivity contribution in [1.82, 2.24) is 4.90 Å². The van der Waals surface area contributed by atoms with Gasteiger partial charge in [-0.05, 0) is 43.0 Å². The van der Waals surface area contributed by atoms with Crippen molar-refractivity contribution in [1.29, 1.82) is 0 Å². The molecule has 4 N–H and O–H groups in total. The molecule has 1 saturated heterocycles. The molecule has 1 aromatic rings. The van der Waals surface area contributed by atoms with Gasteiger partial charge in [-0.1, -0.05) is 18.5 Å². The van der Waals surface area contributed by atoms with E-state index in [1.165, 1.54) is 0 Å². The van der Waals surface area contributed by atoms with E-state index in [0.29, 0.717) is 23.4 Å². The number of nitrogens with zero attached hydrogens (tertiary/aromatic N) is 3. The molecule has 5 nitrogen and oxygen atoms in total. The third-order valence-electron chi connectivity index (χ3n) is 3.61. The quantitative estimate of drug-likeness (QED) is 0.664. The largest absolute Gasteiger partial charge is 0.386 e. The first-order chi connectivity index (χ1) is 10.0. The highest BCUT2D eigenvalue weighted by molar-refractivity contribution is 6.30. The summed E-state index contributed by atoms with van der Waals surface area (Å²) in [6, 6.07) is 7.18. The highest BCUT2D eigenvalue weighted by Crippen LogP contribution is 2.16. The normalized spacial score (nSPS) is 18.1. The van der Waals surface area contributed by atoms with Gasteiger partial charge in [0.15, 0.2) is 5.96 Å². The number of halogens is 1. The molecule has 21 heavy (non-hydrogen) atoms. The fourth-order valence-corrected chi connectivity index (χ4v) is 2.34. The van der Waals surface area contributed by atoms with Gasteiger partial charge in [0.05, 0.1) is 5.69 Å². The van der Waals surface area contributed by atoms with E-state index >= 15 is 0 Å². The molecule has 1 heterocycles. The Morgan fingerprint density at radius 3 is 2.48 bits per heavy atom. The van der Waals surface area contributed by atoms with Crippen LogP contribution < -0.4 is 11.5 Å². The molecule has 0 aliphatic carbocycles. The monoisotopic (exact) mass is 307 g/mol. The molecule has 114 valence electrons. The molecule has 0 radical (unpaired) electrons. The lowest BCUT2D eigenvalue weighted by Crippen LogP contribution is -2.43. The van der Waals surface area contributed by atoms with Crippen molar-refractivity contribution in [2.45, 2.75) is 19.8 Å². The predicted molar refractivity (Wildman–Crippen MR) is 89.2 cm³/mol. The van der Waals surface area contributed by atoms with E-state index in [-0.39, 0.29) is 0 Å². The van der Waals surface area contributed by atoms with Crippen molar-refractivity contribution in [2.75, 3.05) is 19.6 Å². The molecule has 0 spiro atoms. The Morgan fingerprint density at radius 1 is 1.24 bits per heavy atom. The van der Waals surface area contributed by atoms with Gasteiger partial charge in [-0.2, -0.15) is 0 Å². The summed E-state index contributed by atoms with van der Waals surface area (Å²) >= 11 is 5.82. The van der Waals surface area contributed by atoms with Crippen LogP contribution in [0.4, 0.5) is 5.69 Å². The van der Waals surface area contributed by atoms with E-state index in [1.807, 2.05) is 12.1 Å². The van der Waals surface area contributed by atoms with E-state index in [0.717, 1.165) is 37.5 Å². The molecule has 1 aliphatic heterocycles. The van der Waals surface area contributed by atoms with Crippen molar-refractivity contribution in [3.05, 3.63) is 29.3 Å². The third-order valence-corrected chi connectivity index (χ3v) is 3.86. The number of benzene rings is 1. The summed E-state index contributed by atoms with van der Waals surface area (Å²) in [5, 5.41) is 0.675. The van der Waals surface area contributed by atoms with Crippen LogP contribution in [0.2, 0.25) is 5.02 Å². The SMILES string of the molecule is CC1CCN(C(N)=NCC(N)=Nc2ccc(Cl)cc2)CC1. The zero-order chi connectivity index (χ0) is 15.2. The van der Waals surface area contributed by atoms with Crippen molar-refractivity contribution in [3.63, 3.8) is 0 Å². The zero-order valence-corrected chi connectivity index (χ0v) is 13.1. The van der Waals surface area contributed by atoms with Crippen LogP contribution in [0.15, 0.2) is 34.3 Å². The van der Waals surface area contributed by atoms with E-state index in [4.69, 9.17) is 23.1 Å². The average Bonchev–Trinajstić information content (AvgIpc) is 2.48. The van der Waals surface area contributed by atoms with Gasteiger partial charge in [-0.25, -0.2) is 9.98 Å². The fourth-order valence-electron chi connectivity index (χ4n) is 2.22. The van der Waals surface area contributed by atoms with Crippen LogP contribution in [-0.2, 0) is 0 Å². The zero-order valence-electron chi connectivity index (χ0n) is 12.3. The fraction of sp³-hybridized carbons (Fsp3) is 0.467. The maximum absolute atomic E-state index is 6.00. The molecule has 0 atom stereocenters. The number of hydrogen-bond donors (Lipinski definition) is 2. The van der Waals surface area contributed by atoms with Crippen LogP contribution in [0.3, 0.4) is 0 Å². The second-order valence-corrected chi connectivity index (χ2v) is 5.86. The summed E-state index contributed by atoms with van der Waals surface area (Å²) in [6.45, 7) is 4.50. The first kappa shape index (κ1) is 15.6. The van der Waals surface area contributed by atoms with Crippen LogP contribution >= 0.6 is 11.6 Å². The molecule has 6 heteroatoms. The number of piperidine rings is 1. The van der Waals surface area contributed by atoms with Crippen molar-refractivity contribution in [3.8, 4) is 0 Å². The first-order valence-corrected chi connectivity index (χ1v) is 7.56. The van der Waals surface area contributed by atoms with Gasteiger partial charge in [-0.3, -0.25) is 0 Å². The lowest BCUT2D eigenvalue weighted by atomic mass is 10.00. The molecule has 1 aromatic carbocycles. The topological polar surface area (TPSA) is 80.0 Å². The summed E-state index contributed by atoms with van der Waals surface area (Å²) in [6.07, 6.45) is 2.31. The highest BCUT2D eigenvalue weighted by Gasteiger charge is 2.16. The number of amidine groups is 1. The number of nitrogens with two attached hydrogens (primary N) is 2. The Kier molecular flexibility index (Phi) is 5.44. The average molecular weight is 308 g/mol. The lowest BCUT2D eigenvalue weighted by Gasteiger charge is -2.30. The molecule has 0 bridgehead atoms. The summed E-state index contributed by atoms with van der Waals surface area (Å²) in [4.78, 5) is 10.7. The molecule has 2 rings (SSSR count). The Morgan fingerprint density at radius 2 is 1.86 bits per heavy atom. The molecule has 1 fully saturated rings. The Bertz CT molecular complexity index is 515. The van der Waals surface area contributed by atoms with Crippen molar-refractivity contribution < 1.29 is 0 Å². The molecule has 0 saturated carbocycles. The van der Waals surface area contributed by atoms with Gasteiger partial charge in [0.2, 0.25) is 0 Å². The second-order valence-electron chi connectivity index (χ2n) is 5.42. The number of likely N-dealkylation sites (tertiary alicyclic amines) is 1. The maximum atomic E-state index is 6.00. The minimum Gasteiger partial charge on any atom is -0.386 e. The smallest absolute Gasteiger partial charge is 0.191 e. The lowest BCUT2D eigenvalue weighted by molar-refractivity contribution is 0.278. The minimum atomic E-state index is 0.306. The van der Waals surface area contributed by atoms with Crippen molar-refractivity contribution in [2.24, 2.45) is 27.4 Å². The predicted octanol–water partition coefficient (Wildman–Crippen LogP) is 2.38. The van der Waals surface area contributed by atoms with Crippen LogP contribution in [0.5, 0.6) is 0 Å². The highest BCUT2D eigenvalue weighted by atomic mass is 35.5. The molecule has 1 aliphatic rings. The Balaban J connectivity index is 1.91. The van der Waals surface area contributed by atoms with E-state index in [2.05, 4.69) is 21.8 Å². The summed E-state index contributed by atoms with van der Waals surface area (Å²) in [5.74, 6) is 1.76. The minimum absolute atomic E-state index is 0.306. The van der Waals surface area contributed by atoms with E-state index < -0.39 is 0 Å². The third kappa shape index (κ3) is 4.93. The molecule has 0 amide bonds. The van der Waals surface area contributed by atoms with Gasteiger partial charge in [0.25, 0.3) is 0 Å². The van der Waals surface area contributed by atoms with Crippen LogP contribution in [0.25, 0.3) is 0 Å². The number of rotatable bonds is 3. The number of aliphatic imine (C=N–C) groups is 2. The second kappa shape index (κ2) is 7.31. The number of guanidine groups is 1. The van der Waals surface area contributed by atoms with Gasteiger partial charge in [0.1, 0.15) is 12.4 Å².